The summed E-state index contributed by atoms with van der Waals surface area (Å²) in [6.45, 7) is 6.65. The number of pyridine rings is 2. The van der Waals surface area contributed by atoms with E-state index in [0.29, 0.717) is 36.1 Å². The number of carbonyl (C=O) groups excluding carboxylic acids is 2. The molecule has 58 heavy (non-hydrogen) atoms. The first-order valence-corrected chi connectivity index (χ1v) is 21.8. The summed E-state index contributed by atoms with van der Waals surface area (Å²) in [7, 11) is 7.17. The number of aromatic nitrogens is 2. The van der Waals surface area contributed by atoms with Gasteiger partial charge in [0.2, 0.25) is 11.8 Å². The van der Waals surface area contributed by atoms with Gasteiger partial charge in [-0.1, -0.05) is 50.0 Å². The number of likely N-dealkylation sites (N-methyl/N-ethyl adjacent to an activating group) is 2. The van der Waals surface area contributed by atoms with Crippen molar-refractivity contribution in [2.75, 3.05) is 54.5 Å². The number of fused-ring (bicyclic) bond motifs is 6. The lowest BCUT2D eigenvalue weighted by molar-refractivity contribution is -0.136. The van der Waals surface area contributed by atoms with Gasteiger partial charge in [0.05, 0.1) is 24.2 Å². The highest BCUT2D eigenvalue weighted by atomic mass is 16.3. The molecule has 2 saturated heterocycles. The summed E-state index contributed by atoms with van der Waals surface area (Å²) in [6.07, 6.45) is 17.3. The standard InChI is InChI=1S/2C23H33N3O3/c2*1-4-7-16-10-11-19-20-17(13-25(19)22(16)28)18(14-27)21(23(29)24(2)3)26(20)12-15-8-5-6-9-15/h2*4,7,10-11,15,17-18,20-21,27H,5-6,8-9,12-14H2,1-3H3/b7-4+;7-4-/t2*17-,18-,20+,21-/m11/s1. The number of likely N-dealkylation sites (tertiary alicyclic amines) is 2. The van der Waals surface area contributed by atoms with Gasteiger partial charge in [-0.3, -0.25) is 29.0 Å². The molecule has 2 saturated carbocycles. The first kappa shape index (κ1) is 42.3. The molecule has 6 heterocycles. The zero-order valence-electron chi connectivity index (χ0n) is 35.5. The van der Waals surface area contributed by atoms with E-state index in [4.69, 9.17) is 0 Å². The normalized spacial score (nSPS) is 29.5. The molecule has 0 bridgehead atoms. The van der Waals surface area contributed by atoms with Gasteiger partial charge >= 0.3 is 0 Å². The van der Waals surface area contributed by atoms with Crippen molar-refractivity contribution >= 4 is 24.0 Å². The number of nitrogens with zero attached hydrogens (tertiary/aromatic N) is 6. The molecule has 2 aliphatic carbocycles. The minimum absolute atomic E-state index is 0.0222. The van der Waals surface area contributed by atoms with Gasteiger partial charge in [-0.15, -0.1) is 0 Å². The quantitative estimate of drug-likeness (QED) is 0.365. The van der Waals surface area contributed by atoms with Gasteiger partial charge in [-0.2, -0.15) is 0 Å². The van der Waals surface area contributed by atoms with Crippen LogP contribution < -0.4 is 11.1 Å². The van der Waals surface area contributed by atoms with Crippen molar-refractivity contribution in [3.8, 4) is 0 Å². The summed E-state index contributed by atoms with van der Waals surface area (Å²) >= 11 is 0. The van der Waals surface area contributed by atoms with Gasteiger partial charge in [0.15, 0.2) is 0 Å². The van der Waals surface area contributed by atoms with Crippen LogP contribution in [0.4, 0.5) is 0 Å². The van der Waals surface area contributed by atoms with Crippen molar-refractivity contribution in [1.29, 1.82) is 0 Å². The third kappa shape index (κ3) is 7.58. The van der Waals surface area contributed by atoms with Crippen LogP contribution in [-0.2, 0) is 22.7 Å². The summed E-state index contributed by atoms with van der Waals surface area (Å²) in [5.74, 6) is 1.18. The molecule has 0 unspecified atom stereocenters. The van der Waals surface area contributed by atoms with Crippen LogP contribution in [0.5, 0.6) is 0 Å². The van der Waals surface area contributed by atoms with Crippen LogP contribution in [0.2, 0.25) is 0 Å². The van der Waals surface area contributed by atoms with E-state index in [1.165, 1.54) is 51.4 Å². The number of amides is 2. The molecule has 0 spiro atoms. The lowest BCUT2D eigenvalue weighted by Gasteiger charge is -2.34. The Labute approximate surface area is 343 Å². The molecule has 2 aromatic rings. The fourth-order valence-electron chi connectivity index (χ4n) is 11.7. The monoisotopic (exact) mass is 799 g/mol. The van der Waals surface area contributed by atoms with Crippen LogP contribution in [-0.4, -0.2) is 117 Å². The van der Waals surface area contributed by atoms with Gasteiger partial charge in [0.1, 0.15) is 0 Å². The molecular formula is C46H66N6O6. The second-order valence-corrected chi connectivity index (χ2v) is 18.2. The lowest BCUT2D eigenvalue weighted by atomic mass is 9.88. The Balaban J connectivity index is 0.000000177. The van der Waals surface area contributed by atoms with Crippen LogP contribution in [0.3, 0.4) is 0 Å². The molecule has 12 nitrogen and oxygen atoms in total. The number of aliphatic hydroxyl groups excluding tert-OH is 2. The molecule has 6 aliphatic rings. The maximum atomic E-state index is 13.1. The fraction of sp³-hybridized carbons (Fsp3) is 0.652. The Morgan fingerprint density at radius 1 is 0.638 bits per heavy atom. The van der Waals surface area contributed by atoms with E-state index in [0.717, 1.165) is 24.5 Å². The number of aliphatic hydroxyl groups is 2. The molecule has 8 rings (SSSR count). The largest absolute Gasteiger partial charge is 0.396 e. The van der Waals surface area contributed by atoms with Gasteiger partial charge in [0.25, 0.3) is 11.1 Å². The Kier molecular flexibility index (Phi) is 13.0. The lowest BCUT2D eigenvalue weighted by Crippen LogP contribution is -2.49. The number of hydrogen-bond donors (Lipinski definition) is 2. The molecule has 2 aromatic heterocycles. The van der Waals surface area contributed by atoms with Crippen molar-refractivity contribution in [3.05, 3.63) is 79.6 Å². The average molecular weight is 799 g/mol. The molecule has 0 radical (unpaired) electrons. The van der Waals surface area contributed by atoms with Gasteiger partial charge in [-0.25, -0.2) is 0 Å². The Morgan fingerprint density at radius 3 is 1.31 bits per heavy atom. The summed E-state index contributed by atoms with van der Waals surface area (Å²) in [5.41, 5.74) is 3.45. The van der Waals surface area contributed by atoms with E-state index >= 15 is 0 Å². The van der Waals surface area contributed by atoms with E-state index in [2.05, 4.69) is 21.9 Å². The summed E-state index contributed by atoms with van der Waals surface area (Å²) in [5, 5.41) is 20.6. The second-order valence-electron chi connectivity index (χ2n) is 18.2. The fourth-order valence-corrected chi connectivity index (χ4v) is 11.7. The Morgan fingerprint density at radius 2 is 1.00 bits per heavy atom. The summed E-state index contributed by atoms with van der Waals surface area (Å²) < 4.78 is 3.76. The molecular weight excluding hydrogens is 733 g/mol. The van der Waals surface area contributed by atoms with Gasteiger partial charge in [-0.05, 0) is 75.6 Å². The van der Waals surface area contributed by atoms with Crippen LogP contribution in [0.1, 0.15) is 99.8 Å². The zero-order chi connectivity index (χ0) is 41.4. The minimum Gasteiger partial charge on any atom is -0.396 e. The van der Waals surface area contributed by atoms with Crippen molar-refractivity contribution in [2.24, 2.45) is 35.5 Å². The Bertz CT molecular complexity index is 1850. The maximum absolute atomic E-state index is 13.1. The predicted molar refractivity (Wildman–Crippen MR) is 227 cm³/mol. The predicted octanol–water partition coefficient (Wildman–Crippen LogP) is 4.25. The van der Waals surface area contributed by atoms with Crippen molar-refractivity contribution in [2.45, 2.75) is 102 Å². The molecule has 4 fully saturated rings. The van der Waals surface area contributed by atoms with Crippen LogP contribution >= 0.6 is 0 Å². The highest BCUT2D eigenvalue weighted by molar-refractivity contribution is 5.83. The van der Waals surface area contributed by atoms with Crippen LogP contribution in [0.25, 0.3) is 12.2 Å². The maximum Gasteiger partial charge on any atom is 0.258 e. The smallest absolute Gasteiger partial charge is 0.258 e. The van der Waals surface area contributed by atoms with Crippen molar-refractivity contribution < 1.29 is 19.8 Å². The van der Waals surface area contributed by atoms with Crippen LogP contribution in [0, 0.1) is 35.5 Å². The molecule has 316 valence electrons. The second kappa shape index (κ2) is 17.8. The van der Waals surface area contributed by atoms with Crippen LogP contribution in [0.15, 0.2) is 46.0 Å². The number of carbonyl (C=O) groups is 2. The topological polar surface area (TPSA) is 132 Å². The number of rotatable bonds is 10. The zero-order valence-corrected chi connectivity index (χ0v) is 35.5. The highest BCUT2D eigenvalue weighted by Gasteiger charge is 2.57. The SMILES string of the molecule is C/C=C/c1ccc2n(c1=O)C[C@@H]1[C@@H](CO)[C@H](C(=O)N(C)C)N(CC3CCCC3)[C@H]21.C/C=C\c1ccc2n(c1=O)C[C@@H]1[C@@H](CO)[C@H](C(=O)N(C)C)N(CC3CCCC3)[C@H]21. The first-order valence-electron chi connectivity index (χ1n) is 21.8. The third-order valence-electron chi connectivity index (χ3n) is 14.4. The van der Waals surface area contributed by atoms with E-state index in [9.17, 15) is 29.4 Å². The third-order valence-corrected chi connectivity index (χ3v) is 14.4. The van der Waals surface area contributed by atoms with E-state index in [1.54, 1.807) is 38.0 Å². The minimum atomic E-state index is -0.315. The summed E-state index contributed by atoms with van der Waals surface area (Å²) in [6, 6.07) is 7.33. The molecule has 0 aromatic carbocycles. The van der Waals surface area contributed by atoms with Crippen molar-refractivity contribution in [1.82, 2.24) is 28.7 Å². The summed E-state index contributed by atoms with van der Waals surface area (Å²) in [4.78, 5) is 60.3. The van der Waals surface area contributed by atoms with Gasteiger partial charge < -0.3 is 29.1 Å². The van der Waals surface area contributed by atoms with E-state index in [-0.39, 0.29) is 84.0 Å². The Hall–Kier alpha value is -3.84. The van der Waals surface area contributed by atoms with Gasteiger partial charge in [0, 0.05) is 114 Å². The average Bonchev–Trinajstić information content (AvgIpc) is 4.06. The number of allylic oxidation sites excluding steroid dienone is 2. The van der Waals surface area contributed by atoms with E-state index < -0.39 is 0 Å². The molecule has 4 aliphatic heterocycles. The molecule has 2 amide bonds. The molecule has 12 heteroatoms. The van der Waals surface area contributed by atoms with Crippen molar-refractivity contribution in [3.63, 3.8) is 0 Å². The molecule has 2 N–H and O–H groups in total. The molecule has 8 atom stereocenters. The van der Waals surface area contributed by atoms with E-state index in [1.807, 2.05) is 59.4 Å². The number of hydrogen-bond acceptors (Lipinski definition) is 8. The highest BCUT2D eigenvalue weighted by Crippen LogP contribution is 2.52. The first-order chi connectivity index (χ1) is 27.9.